The molecule has 0 bridgehead atoms. The van der Waals surface area contributed by atoms with E-state index in [1.807, 2.05) is 4.68 Å². The van der Waals surface area contributed by atoms with Crippen molar-refractivity contribution >= 4 is 11.6 Å². The van der Waals surface area contributed by atoms with Crippen LogP contribution in [0.4, 0.5) is 10.1 Å². The molecule has 20 heavy (non-hydrogen) atoms. The Bertz CT molecular complexity index is 640. The molecule has 0 spiro atoms. The number of benzene rings is 1. The third kappa shape index (κ3) is 2.43. The Kier molecular flexibility index (Phi) is 3.26. The molecular weight excluding hydrogens is 257 g/mol. The molecule has 0 aliphatic carbocycles. The zero-order valence-electron chi connectivity index (χ0n) is 11.3. The van der Waals surface area contributed by atoms with Crippen molar-refractivity contribution in [2.75, 3.05) is 5.32 Å². The van der Waals surface area contributed by atoms with E-state index in [4.69, 9.17) is 0 Å². The molecule has 1 aromatic carbocycles. The minimum absolute atomic E-state index is 0.187. The van der Waals surface area contributed by atoms with Crippen LogP contribution >= 0.6 is 0 Å². The summed E-state index contributed by atoms with van der Waals surface area (Å²) in [5.41, 5.74) is 2.43. The highest BCUT2D eigenvalue weighted by molar-refractivity contribution is 6.03. The maximum Gasteiger partial charge on any atom is 0.276 e. The van der Waals surface area contributed by atoms with Crippen molar-refractivity contribution in [3.05, 3.63) is 47.0 Å². The van der Waals surface area contributed by atoms with Crippen LogP contribution in [-0.4, -0.2) is 15.7 Å². The maximum absolute atomic E-state index is 13.7. The fraction of sp³-hybridized carbons (Fsp3) is 0.333. The van der Waals surface area contributed by atoms with Crippen LogP contribution in [0.5, 0.6) is 0 Å². The third-order valence-electron chi connectivity index (χ3n) is 3.52. The van der Waals surface area contributed by atoms with E-state index < -0.39 is 5.82 Å². The number of nitrogens with zero attached hydrogens (tertiary/aromatic N) is 2. The summed E-state index contributed by atoms with van der Waals surface area (Å²) in [5, 5.41) is 6.85. The molecule has 1 aliphatic heterocycles. The van der Waals surface area contributed by atoms with Crippen molar-refractivity contribution in [1.29, 1.82) is 0 Å². The third-order valence-corrected chi connectivity index (χ3v) is 3.52. The smallest absolute Gasteiger partial charge is 0.276 e. The lowest BCUT2D eigenvalue weighted by Gasteiger charge is -2.11. The van der Waals surface area contributed by atoms with E-state index in [1.54, 1.807) is 25.1 Å². The molecule has 0 atom stereocenters. The molecule has 0 saturated carbocycles. The van der Waals surface area contributed by atoms with E-state index in [-0.39, 0.29) is 11.6 Å². The number of carbonyl (C=O) groups is 1. The Balaban J connectivity index is 1.80. The molecule has 1 aliphatic rings. The molecule has 0 fully saturated rings. The van der Waals surface area contributed by atoms with Gasteiger partial charge < -0.3 is 5.32 Å². The van der Waals surface area contributed by atoms with Gasteiger partial charge in [0.15, 0.2) is 5.69 Å². The molecule has 1 N–H and O–H groups in total. The van der Waals surface area contributed by atoms with Gasteiger partial charge in [-0.05, 0) is 49.9 Å². The molecular formula is C15H16FN3O. The van der Waals surface area contributed by atoms with Crippen LogP contribution in [-0.2, 0) is 13.0 Å². The first-order chi connectivity index (χ1) is 9.63. The molecule has 2 aromatic rings. The van der Waals surface area contributed by atoms with Gasteiger partial charge in [-0.3, -0.25) is 9.48 Å². The number of fused-ring (bicyclic) bond motifs is 1. The van der Waals surface area contributed by atoms with Crippen molar-refractivity contribution < 1.29 is 9.18 Å². The van der Waals surface area contributed by atoms with E-state index in [1.165, 1.54) is 6.07 Å². The van der Waals surface area contributed by atoms with Crippen LogP contribution in [0.25, 0.3) is 0 Å². The van der Waals surface area contributed by atoms with Gasteiger partial charge in [-0.25, -0.2) is 4.39 Å². The normalized spacial score (nSPS) is 13.9. The van der Waals surface area contributed by atoms with Gasteiger partial charge in [0.2, 0.25) is 0 Å². The number of halogens is 1. The Morgan fingerprint density at radius 1 is 1.35 bits per heavy atom. The number of hydrogen-bond donors (Lipinski definition) is 1. The maximum atomic E-state index is 13.7. The molecule has 0 unspecified atom stereocenters. The molecule has 4 nitrogen and oxygen atoms in total. The lowest BCUT2D eigenvalue weighted by molar-refractivity contribution is 0.102. The van der Waals surface area contributed by atoms with Gasteiger partial charge in [-0.15, -0.1) is 0 Å². The van der Waals surface area contributed by atoms with Gasteiger partial charge in [0.25, 0.3) is 5.91 Å². The number of hydrogen-bond acceptors (Lipinski definition) is 2. The molecule has 0 radical (unpaired) electrons. The highest BCUT2D eigenvalue weighted by Crippen LogP contribution is 2.18. The first-order valence-electron chi connectivity index (χ1n) is 6.78. The number of aromatic nitrogens is 2. The summed E-state index contributed by atoms with van der Waals surface area (Å²) < 4.78 is 15.6. The SMILES string of the molecule is Cc1ccc(NC(=O)c2cc3n(n2)CCCC3)c(F)c1. The van der Waals surface area contributed by atoms with Gasteiger partial charge in [-0.2, -0.15) is 5.10 Å². The fourth-order valence-electron chi connectivity index (χ4n) is 2.44. The van der Waals surface area contributed by atoms with Crippen LogP contribution in [0.1, 0.15) is 34.6 Å². The molecule has 1 amide bonds. The summed E-state index contributed by atoms with van der Waals surface area (Å²) >= 11 is 0. The molecule has 3 rings (SSSR count). The van der Waals surface area contributed by atoms with Gasteiger partial charge in [0.1, 0.15) is 5.82 Å². The average molecular weight is 273 g/mol. The Morgan fingerprint density at radius 3 is 2.95 bits per heavy atom. The Morgan fingerprint density at radius 2 is 2.20 bits per heavy atom. The highest BCUT2D eigenvalue weighted by atomic mass is 19.1. The number of nitrogens with one attached hydrogen (secondary N) is 1. The van der Waals surface area contributed by atoms with Crippen molar-refractivity contribution in [3.63, 3.8) is 0 Å². The second kappa shape index (κ2) is 5.07. The van der Waals surface area contributed by atoms with Crippen LogP contribution in [0.3, 0.4) is 0 Å². The second-order valence-corrected chi connectivity index (χ2v) is 5.14. The topological polar surface area (TPSA) is 46.9 Å². The highest BCUT2D eigenvalue weighted by Gasteiger charge is 2.17. The minimum Gasteiger partial charge on any atom is -0.318 e. The van der Waals surface area contributed by atoms with Crippen molar-refractivity contribution in [3.8, 4) is 0 Å². The standard InChI is InChI=1S/C15H16FN3O/c1-10-5-6-13(12(16)8-10)17-15(20)14-9-11-4-2-3-7-19(11)18-14/h5-6,8-9H,2-4,7H2,1H3,(H,17,20). The van der Waals surface area contributed by atoms with Gasteiger partial charge in [0, 0.05) is 12.2 Å². The largest absolute Gasteiger partial charge is 0.318 e. The van der Waals surface area contributed by atoms with E-state index >= 15 is 0 Å². The summed E-state index contributed by atoms with van der Waals surface area (Å²) in [4.78, 5) is 12.1. The second-order valence-electron chi connectivity index (χ2n) is 5.14. The van der Waals surface area contributed by atoms with Crippen molar-refractivity contribution in [1.82, 2.24) is 9.78 Å². The van der Waals surface area contributed by atoms with Crippen LogP contribution in [0.15, 0.2) is 24.3 Å². The number of aryl methyl sites for hydroxylation is 3. The first-order valence-corrected chi connectivity index (χ1v) is 6.78. The first kappa shape index (κ1) is 12.8. The fourth-order valence-corrected chi connectivity index (χ4v) is 2.44. The van der Waals surface area contributed by atoms with E-state index in [2.05, 4.69) is 10.4 Å². The lowest BCUT2D eigenvalue weighted by Crippen LogP contribution is -2.15. The molecule has 1 aromatic heterocycles. The summed E-state index contributed by atoms with van der Waals surface area (Å²) in [6.07, 6.45) is 3.15. The van der Waals surface area contributed by atoms with E-state index in [0.29, 0.717) is 5.69 Å². The number of rotatable bonds is 2. The molecule has 0 saturated heterocycles. The molecule has 2 heterocycles. The number of amides is 1. The van der Waals surface area contributed by atoms with Crippen molar-refractivity contribution in [2.24, 2.45) is 0 Å². The zero-order valence-corrected chi connectivity index (χ0v) is 11.3. The summed E-state index contributed by atoms with van der Waals surface area (Å²) in [6.45, 7) is 2.65. The summed E-state index contributed by atoms with van der Waals surface area (Å²) in [5.74, 6) is -0.794. The number of carbonyl (C=O) groups excluding carboxylic acids is 1. The van der Waals surface area contributed by atoms with E-state index in [9.17, 15) is 9.18 Å². The molecule has 5 heteroatoms. The quantitative estimate of drug-likeness (QED) is 0.914. The van der Waals surface area contributed by atoms with Crippen LogP contribution in [0.2, 0.25) is 0 Å². The van der Waals surface area contributed by atoms with Crippen LogP contribution in [0, 0.1) is 12.7 Å². The van der Waals surface area contributed by atoms with Crippen molar-refractivity contribution in [2.45, 2.75) is 32.7 Å². The lowest BCUT2D eigenvalue weighted by atomic mass is 10.1. The zero-order chi connectivity index (χ0) is 14.1. The predicted molar refractivity (Wildman–Crippen MR) is 74.3 cm³/mol. The average Bonchev–Trinajstić information content (AvgIpc) is 2.86. The molecule has 104 valence electrons. The number of anilines is 1. The summed E-state index contributed by atoms with van der Waals surface area (Å²) in [6, 6.07) is 6.52. The Hall–Kier alpha value is -2.17. The van der Waals surface area contributed by atoms with Gasteiger partial charge in [0.05, 0.1) is 5.69 Å². The van der Waals surface area contributed by atoms with E-state index in [0.717, 1.165) is 37.1 Å². The van der Waals surface area contributed by atoms with Gasteiger partial charge in [-0.1, -0.05) is 6.07 Å². The minimum atomic E-state index is -0.428. The van der Waals surface area contributed by atoms with Crippen LogP contribution < -0.4 is 5.32 Å². The monoisotopic (exact) mass is 273 g/mol. The van der Waals surface area contributed by atoms with Gasteiger partial charge >= 0.3 is 0 Å². The summed E-state index contributed by atoms with van der Waals surface area (Å²) in [7, 11) is 0. The predicted octanol–water partition coefficient (Wildman–Crippen LogP) is 2.92. The Labute approximate surface area is 116 Å².